The number of ether oxygens (including phenoxy) is 1. The van der Waals surface area contributed by atoms with Crippen molar-refractivity contribution in [1.82, 2.24) is 4.90 Å². The molecule has 3 rings (SSSR count). The van der Waals surface area contributed by atoms with Gasteiger partial charge in [0.25, 0.3) is 5.91 Å². The fraction of sp³-hybridized carbons (Fsp3) is 0.600. The summed E-state index contributed by atoms with van der Waals surface area (Å²) >= 11 is 3.47. The van der Waals surface area contributed by atoms with E-state index in [1.165, 1.54) is 0 Å². The summed E-state index contributed by atoms with van der Waals surface area (Å²) in [7, 11) is 0. The molecule has 0 bridgehead atoms. The first-order chi connectivity index (χ1) is 11.7. The third kappa shape index (κ3) is 4.32. The number of hydrogen-bond acceptors (Lipinski definition) is 3. The SMILES string of the molecule is CC(C)(C)OCC(=O)C1CCC(N2Cc3cc(Br)ccc3C2=O)CC1. The Balaban J connectivity index is 1.55. The van der Waals surface area contributed by atoms with E-state index < -0.39 is 0 Å². The van der Waals surface area contributed by atoms with Crippen LogP contribution in [0, 0.1) is 5.92 Å². The van der Waals surface area contributed by atoms with Gasteiger partial charge in [-0.1, -0.05) is 15.9 Å². The molecule has 1 amide bonds. The predicted molar refractivity (Wildman–Crippen MR) is 100 cm³/mol. The van der Waals surface area contributed by atoms with Crippen LogP contribution in [0.15, 0.2) is 22.7 Å². The maximum absolute atomic E-state index is 12.7. The summed E-state index contributed by atoms with van der Waals surface area (Å²) < 4.78 is 6.63. The first-order valence-corrected chi connectivity index (χ1v) is 9.80. The molecule has 1 heterocycles. The number of hydrogen-bond donors (Lipinski definition) is 0. The minimum atomic E-state index is -0.283. The summed E-state index contributed by atoms with van der Waals surface area (Å²) in [6.07, 6.45) is 3.49. The van der Waals surface area contributed by atoms with Crippen molar-refractivity contribution < 1.29 is 14.3 Å². The van der Waals surface area contributed by atoms with Crippen molar-refractivity contribution in [2.75, 3.05) is 6.61 Å². The second-order valence-corrected chi connectivity index (χ2v) is 9.02. The highest BCUT2D eigenvalue weighted by molar-refractivity contribution is 9.10. The molecule has 1 aromatic rings. The molecular weight excluding hydrogens is 382 g/mol. The van der Waals surface area contributed by atoms with Crippen LogP contribution in [0.1, 0.15) is 62.4 Å². The average molecular weight is 408 g/mol. The lowest BCUT2D eigenvalue weighted by Crippen LogP contribution is -2.40. The number of rotatable bonds is 4. The average Bonchev–Trinajstić information content (AvgIpc) is 2.88. The first-order valence-electron chi connectivity index (χ1n) is 9.00. The molecule has 0 radical (unpaired) electrons. The predicted octanol–water partition coefficient (Wildman–Crippen LogP) is 4.35. The Morgan fingerprint density at radius 3 is 2.56 bits per heavy atom. The molecule has 5 heteroatoms. The van der Waals surface area contributed by atoms with Crippen molar-refractivity contribution in [3.8, 4) is 0 Å². The van der Waals surface area contributed by atoms with Gasteiger partial charge >= 0.3 is 0 Å². The largest absolute Gasteiger partial charge is 0.368 e. The van der Waals surface area contributed by atoms with Gasteiger partial charge in [-0.2, -0.15) is 0 Å². The fourth-order valence-electron chi connectivity index (χ4n) is 3.72. The maximum Gasteiger partial charge on any atom is 0.254 e. The van der Waals surface area contributed by atoms with E-state index in [0.29, 0.717) is 6.54 Å². The quantitative estimate of drug-likeness (QED) is 0.744. The lowest BCUT2D eigenvalue weighted by molar-refractivity contribution is -0.133. The van der Waals surface area contributed by atoms with Crippen LogP contribution < -0.4 is 0 Å². The molecule has 1 aromatic carbocycles. The Labute approximate surface area is 158 Å². The number of carbonyl (C=O) groups excluding carboxylic acids is 2. The van der Waals surface area contributed by atoms with E-state index in [9.17, 15) is 9.59 Å². The van der Waals surface area contributed by atoms with Gasteiger partial charge in [0.05, 0.1) is 5.60 Å². The van der Waals surface area contributed by atoms with E-state index in [1.54, 1.807) is 0 Å². The van der Waals surface area contributed by atoms with Gasteiger partial charge in [-0.05, 0) is 70.2 Å². The van der Waals surface area contributed by atoms with Crippen LogP contribution in [0.3, 0.4) is 0 Å². The second kappa shape index (κ2) is 7.20. The van der Waals surface area contributed by atoms with Gasteiger partial charge in [-0.3, -0.25) is 9.59 Å². The minimum absolute atomic E-state index is 0.0767. The van der Waals surface area contributed by atoms with Crippen LogP contribution in [0.2, 0.25) is 0 Å². The lowest BCUT2D eigenvalue weighted by atomic mass is 9.83. The minimum Gasteiger partial charge on any atom is -0.368 e. The molecule has 1 saturated carbocycles. The molecule has 1 aliphatic heterocycles. The van der Waals surface area contributed by atoms with Gasteiger partial charge in [-0.25, -0.2) is 0 Å². The third-order valence-electron chi connectivity index (χ3n) is 5.14. The van der Waals surface area contributed by atoms with Crippen LogP contribution in [0.5, 0.6) is 0 Å². The van der Waals surface area contributed by atoms with Gasteiger partial charge in [-0.15, -0.1) is 0 Å². The maximum atomic E-state index is 12.7. The van der Waals surface area contributed by atoms with Crippen molar-refractivity contribution >= 4 is 27.6 Å². The third-order valence-corrected chi connectivity index (χ3v) is 5.63. The van der Waals surface area contributed by atoms with E-state index in [1.807, 2.05) is 43.9 Å². The molecule has 1 aliphatic carbocycles. The normalized spacial score (nSPS) is 23.7. The van der Waals surface area contributed by atoms with E-state index in [-0.39, 0.29) is 35.9 Å². The highest BCUT2D eigenvalue weighted by atomic mass is 79.9. The molecule has 1 fully saturated rings. The molecule has 2 aliphatic rings. The summed E-state index contributed by atoms with van der Waals surface area (Å²) in [5, 5.41) is 0. The Hall–Kier alpha value is -1.20. The van der Waals surface area contributed by atoms with Crippen LogP contribution in [-0.4, -0.2) is 34.8 Å². The molecule has 25 heavy (non-hydrogen) atoms. The molecular formula is C20H26BrNO3. The van der Waals surface area contributed by atoms with Gasteiger partial charge in [0.2, 0.25) is 0 Å². The monoisotopic (exact) mass is 407 g/mol. The Kier molecular flexibility index (Phi) is 5.35. The topological polar surface area (TPSA) is 46.6 Å². The number of benzene rings is 1. The van der Waals surface area contributed by atoms with E-state index in [4.69, 9.17) is 4.74 Å². The molecule has 0 spiro atoms. The van der Waals surface area contributed by atoms with Crippen LogP contribution in [0.25, 0.3) is 0 Å². The molecule has 136 valence electrons. The Bertz CT molecular complexity index is 672. The summed E-state index contributed by atoms with van der Waals surface area (Å²) in [5.74, 6) is 0.412. The number of amides is 1. The van der Waals surface area contributed by atoms with Gasteiger partial charge in [0, 0.05) is 28.5 Å². The van der Waals surface area contributed by atoms with Crippen LogP contribution >= 0.6 is 15.9 Å². The zero-order valence-corrected chi connectivity index (χ0v) is 16.8. The molecule has 0 unspecified atom stereocenters. The summed E-state index contributed by atoms with van der Waals surface area (Å²) in [5.41, 5.74) is 1.63. The fourth-order valence-corrected chi connectivity index (χ4v) is 4.13. The van der Waals surface area contributed by atoms with Gasteiger partial charge in [0.15, 0.2) is 5.78 Å². The van der Waals surface area contributed by atoms with Gasteiger partial charge < -0.3 is 9.64 Å². The number of ketones is 1. The standard InChI is InChI=1S/C20H26BrNO3/c1-20(2,3)25-12-18(23)13-4-7-16(8-5-13)22-11-14-10-15(21)6-9-17(14)19(22)24/h6,9-10,13,16H,4-5,7-8,11-12H2,1-3H3. The summed E-state index contributed by atoms with van der Waals surface area (Å²) in [6.45, 7) is 6.77. The van der Waals surface area contributed by atoms with Gasteiger partial charge in [0.1, 0.15) is 6.61 Å². The first kappa shape index (κ1) is 18.6. The number of carbonyl (C=O) groups is 2. The van der Waals surface area contributed by atoms with Crippen molar-refractivity contribution in [3.63, 3.8) is 0 Å². The highest BCUT2D eigenvalue weighted by Gasteiger charge is 2.36. The second-order valence-electron chi connectivity index (χ2n) is 8.11. The van der Waals surface area contributed by atoms with Crippen molar-refractivity contribution in [2.24, 2.45) is 5.92 Å². The van der Waals surface area contributed by atoms with Crippen molar-refractivity contribution in [3.05, 3.63) is 33.8 Å². The number of nitrogens with zero attached hydrogens (tertiary/aromatic N) is 1. The van der Waals surface area contributed by atoms with Crippen molar-refractivity contribution in [1.29, 1.82) is 0 Å². The molecule has 4 nitrogen and oxygen atoms in total. The van der Waals surface area contributed by atoms with E-state index >= 15 is 0 Å². The lowest BCUT2D eigenvalue weighted by Gasteiger charge is -2.34. The van der Waals surface area contributed by atoms with E-state index in [2.05, 4.69) is 15.9 Å². The Morgan fingerprint density at radius 1 is 1.24 bits per heavy atom. The zero-order chi connectivity index (χ0) is 18.2. The van der Waals surface area contributed by atoms with Crippen LogP contribution in [0.4, 0.5) is 0 Å². The molecule has 0 N–H and O–H groups in total. The summed E-state index contributed by atoms with van der Waals surface area (Å²) in [4.78, 5) is 27.0. The smallest absolute Gasteiger partial charge is 0.254 e. The van der Waals surface area contributed by atoms with Crippen molar-refractivity contribution in [2.45, 2.75) is 64.6 Å². The number of Topliss-reactive ketones (excluding diaryl/α,β-unsaturated/α-hetero) is 1. The number of halogens is 1. The highest BCUT2D eigenvalue weighted by Crippen LogP contribution is 2.34. The molecule has 0 saturated heterocycles. The number of fused-ring (bicyclic) bond motifs is 1. The molecule has 0 aromatic heterocycles. The Morgan fingerprint density at radius 2 is 1.92 bits per heavy atom. The zero-order valence-electron chi connectivity index (χ0n) is 15.2. The van der Waals surface area contributed by atoms with E-state index in [0.717, 1.165) is 41.3 Å². The summed E-state index contributed by atoms with van der Waals surface area (Å²) in [6, 6.07) is 6.10. The molecule has 0 atom stereocenters. The van der Waals surface area contributed by atoms with Crippen LogP contribution in [-0.2, 0) is 16.1 Å².